The molecule has 1 heterocycles. The van der Waals surface area contributed by atoms with Crippen LogP contribution >= 0.6 is 15.9 Å². The van der Waals surface area contributed by atoms with Gasteiger partial charge in [-0.2, -0.15) is 5.10 Å². The van der Waals surface area contributed by atoms with Gasteiger partial charge in [-0.05, 0) is 46.1 Å². The van der Waals surface area contributed by atoms with Gasteiger partial charge in [-0.15, -0.1) is 0 Å². The van der Waals surface area contributed by atoms with Gasteiger partial charge in [-0.3, -0.25) is 0 Å². The van der Waals surface area contributed by atoms with E-state index in [1.165, 1.54) is 0 Å². The van der Waals surface area contributed by atoms with Crippen LogP contribution in [0.1, 0.15) is 18.5 Å². The fourth-order valence-electron chi connectivity index (χ4n) is 2.23. The van der Waals surface area contributed by atoms with E-state index in [1.807, 2.05) is 60.4 Å². The fourth-order valence-corrected chi connectivity index (χ4v) is 2.80. The van der Waals surface area contributed by atoms with Crippen LogP contribution in [0.2, 0.25) is 0 Å². The SMILES string of the molecule is CC(N)c1ccc(-n2cc(-c3ccccc3)cn2)c(Br)c1. The lowest BCUT2D eigenvalue weighted by Crippen LogP contribution is -2.05. The van der Waals surface area contributed by atoms with Crippen LogP contribution in [0.25, 0.3) is 16.8 Å². The molecule has 2 N–H and O–H groups in total. The summed E-state index contributed by atoms with van der Waals surface area (Å²) in [6.07, 6.45) is 3.90. The Bertz CT molecular complexity index is 748. The van der Waals surface area contributed by atoms with Crippen LogP contribution in [0, 0.1) is 0 Å². The summed E-state index contributed by atoms with van der Waals surface area (Å²) in [5, 5.41) is 4.45. The lowest BCUT2D eigenvalue weighted by Gasteiger charge is -2.09. The standard InChI is InChI=1S/C17H16BrN3/c1-12(19)14-7-8-17(16(18)9-14)21-11-15(10-20-21)13-5-3-2-4-6-13/h2-12H,19H2,1H3. The Kier molecular flexibility index (Phi) is 3.90. The van der Waals surface area contributed by atoms with Gasteiger partial charge in [-0.1, -0.05) is 36.4 Å². The number of hydrogen-bond acceptors (Lipinski definition) is 2. The van der Waals surface area contributed by atoms with Gasteiger partial charge in [0, 0.05) is 22.3 Å². The van der Waals surface area contributed by atoms with Gasteiger partial charge in [0.1, 0.15) is 0 Å². The molecule has 0 amide bonds. The minimum atomic E-state index is 0.0212. The van der Waals surface area contributed by atoms with Gasteiger partial charge in [0.2, 0.25) is 0 Å². The van der Waals surface area contributed by atoms with E-state index in [0.717, 1.165) is 26.9 Å². The number of nitrogens with two attached hydrogens (primary N) is 1. The maximum Gasteiger partial charge on any atom is 0.0787 e. The summed E-state index contributed by atoms with van der Waals surface area (Å²) in [5.41, 5.74) is 10.3. The van der Waals surface area contributed by atoms with Crippen molar-refractivity contribution in [3.05, 3.63) is 71.0 Å². The maximum absolute atomic E-state index is 5.91. The van der Waals surface area contributed by atoms with E-state index in [4.69, 9.17) is 5.73 Å². The Morgan fingerprint density at radius 1 is 1.10 bits per heavy atom. The molecule has 0 saturated carbocycles. The van der Waals surface area contributed by atoms with Crippen LogP contribution in [-0.4, -0.2) is 9.78 Å². The Hall–Kier alpha value is -1.91. The number of rotatable bonds is 3. The molecule has 3 rings (SSSR count). The Labute approximate surface area is 132 Å². The van der Waals surface area contributed by atoms with Crippen molar-refractivity contribution in [2.45, 2.75) is 13.0 Å². The highest BCUT2D eigenvalue weighted by Gasteiger charge is 2.08. The smallest absolute Gasteiger partial charge is 0.0787 e. The minimum absolute atomic E-state index is 0.0212. The third-order valence-electron chi connectivity index (χ3n) is 3.43. The molecule has 0 aliphatic heterocycles. The number of benzene rings is 2. The van der Waals surface area contributed by atoms with Crippen LogP contribution in [0.4, 0.5) is 0 Å². The minimum Gasteiger partial charge on any atom is -0.324 e. The highest BCUT2D eigenvalue weighted by molar-refractivity contribution is 9.10. The van der Waals surface area contributed by atoms with Gasteiger partial charge in [0.25, 0.3) is 0 Å². The molecule has 0 bridgehead atoms. The maximum atomic E-state index is 5.91. The summed E-state index contributed by atoms with van der Waals surface area (Å²) >= 11 is 3.60. The predicted octanol–water partition coefficient (Wildman–Crippen LogP) is 4.32. The van der Waals surface area contributed by atoms with Crippen molar-refractivity contribution in [2.24, 2.45) is 5.73 Å². The molecule has 106 valence electrons. The average molecular weight is 342 g/mol. The zero-order valence-electron chi connectivity index (χ0n) is 11.7. The molecular formula is C17H16BrN3. The molecule has 1 unspecified atom stereocenters. The van der Waals surface area contributed by atoms with Gasteiger partial charge in [0.05, 0.1) is 11.9 Å². The molecule has 1 atom stereocenters. The first-order valence-electron chi connectivity index (χ1n) is 6.80. The topological polar surface area (TPSA) is 43.8 Å². The number of aromatic nitrogens is 2. The molecule has 3 aromatic rings. The largest absolute Gasteiger partial charge is 0.324 e. The van der Waals surface area contributed by atoms with Crippen LogP contribution in [-0.2, 0) is 0 Å². The Morgan fingerprint density at radius 3 is 2.52 bits per heavy atom. The van der Waals surface area contributed by atoms with E-state index >= 15 is 0 Å². The molecule has 0 aliphatic carbocycles. The van der Waals surface area contributed by atoms with Crippen molar-refractivity contribution in [3.63, 3.8) is 0 Å². The summed E-state index contributed by atoms with van der Waals surface area (Å²) < 4.78 is 2.86. The number of nitrogens with zero attached hydrogens (tertiary/aromatic N) is 2. The van der Waals surface area contributed by atoms with E-state index < -0.39 is 0 Å². The molecule has 3 nitrogen and oxygen atoms in total. The molecule has 0 saturated heterocycles. The summed E-state index contributed by atoms with van der Waals surface area (Å²) in [6, 6.07) is 16.4. The summed E-state index contributed by atoms with van der Waals surface area (Å²) in [7, 11) is 0. The lowest BCUT2D eigenvalue weighted by molar-refractivity contribution is 0.812. The van der Waals surface area contributed by atoms with E-state index in [9.17, 15) is 0 Å². The van der Waals surface area contributed by atoms with Crippen LogP contribution in [0.5, 0.6) is 0 Å². The molecule has 0 spiro atoms. The summed E-state index contributed by atoms with van der Waals surface area (Å²) in [4.78, 5) is 0. The van der Waals surface area contributed by atoms with Crippen molar-refractivity contribution < 1.29 is 0 Å². The second-order valence-electron chi connectivity index (χ2n) is 5.04. The molecule has 1 aromatic heterocycles. The summed E-state index contributed by atoms with van der Waals surface area (Å²) in [5.74, 6) is 0. The first kappa shape index (κ1) is 14.0. The monoisotopic (exact) mass is 341 g/mol. The van der Waals surface area contributed by atoms with Crippen molar-refractivity contribution in [1.29, 1.82) is 0 Å². The van der Waals surface area contributed by atoms with Crippen molar-refractivity contribution in [1.82, 2.24) is 9.78 Å². The van der Waals surface area contributed by atoms with Gasteiger partial charge in [-0.25, -0.2) is 4.68 Å². The van der Waals surface area contributed by atoms with Crippen LogP contribution in [0.15, 0.2) is 65.4 Å². The van der Waals surface area contributed by atoms with E-state index in [0.29, 0.717) is 0 Å². The second-order valence-corrected chi connectivity index (χ2v) is 5.89. The molecule has 21 heavy (non-hydrogen) atoms. The predicted molar refractivity (Wildman–Crippen MR) is 89.3 cm³/mol. The molecule has 0 radical (unpaired) electrons. The molecule has 0 fully saturated rings. The molecule has 2 aromatic carbocycles. The third-order valence-corrected chi connectivity index (χ3v) is 4.07. The Morgan fingerprint density at radius 2 is 1.86 bits per heavy atom. The van der Waals surface area contributed by atoms with Gasteiger partial charge >= 0.3 is 0 Å². The van der Waals surface area contributed by atoms with Crippen molar-refractivity contribution in [2.75, 3.05) is 0 Å². The number of halogens is 1. The quantitative estimate of drug-likeness (QED) is 0.770. The zero-order chi connectivity index (χ0) is 14.8. The van der Waals surface area contributed by atoms with E-state index in [-0.39, 0.29) is 6.04 Å². The highest BCUT2D eigenvalue weighted by Crippen LogP contribution is 2.26. The van der Waals surface area contributed by atoms with Crippen molar-refractivity contribution in [3.8, 4) is 16.8 Å². The molecular weight excluding hydrogens is 326 g/mol. The summed E-state index contributed by atoms with van der Waals surface area (Å²) in [6.45, 7) is 1.98. The average Bonchev–Trinajstić information content (AvgIpc) is 2.97. The van der Waals surface area contributed by atoms with Gasteiger partial charge < -0.3 is 5.73 Å². The molecule has 4 heteroatoms. The normalized spacial score (nSPS) is 12.3. The second kappa shape index (κ2) is 5.84. The first-order valence-corrected chi connectivity index (χ1v) is 7.60. The van der Waals surface area contributed by atoms with Crippen LogP contribution < -0.4 is 5.73 Å². The Balaban J connectivity index is 1.97. The first-order chi connectivity index (χ1) is 10.1. The van der Waals surface area contributed by atoms with Crippen molar-refractivity contribution >= 4 is 15.9 Å². The lowest BCUT2D eigenvalue weighted by atomic mass is 10.1. The van der Waals surface area contributed by atoms with E-state index in [1.54, 1.807) is 0 Å². The highest BCUT2D eigenvalue weighted by atomic mass is 79.9. The fraction of sp³-hybridized carbons (Fsp3) is 0.118. The third kappa shape index (κ3) is 2.91. The van der Waals surface area contributed by atoms with E-state index in [2.05, 4.69) is 33.2 Å². The molecule has 0 aliphatic rings. The zero-order valence-corrected chi connectivity index (χ0v) is 13.3. The van der Waals surface area contributed by atoms with Crippen LogP contribution in [0.3, 0.4) is 0 Å². The number of hydrogen-bond donors (Lipinski definition) is 1. The van der Waals surface area contributed by atoms with Gasteiger partial charge in [0.15, 0.2) is 0 Å².